The minimum absolute atomic E-state index is 0.0612. The van der Waals surface area contributed by atoms with Crippen LogP contribution in [0.25, 0.3) is 11.2 Å². The first kappa shape index (κ1) is 26.4. The van der Waals surface area contributed by atoms with Gasteiger partial charge in [-0.1, -0.05) is 25.3 Å². The fourth-order valence-electron chi connectivity index (χ4n) is 4.55. The van der Waals surface area contributed by atoms with Crippen LogP contribution in [0.15, 0.2) is 54.6 Å². The van der Waals surface area contributed by atoms with E-state index in [0.29, 0.717) is 11.5 Å². The summed E-state index contributed by atoms with van der Waals surface area (Å²) in [7, 11) is 0. The summed E-state index contributed by atoms with van der Waals surface area (Å²) in [4.78, 5) is 36.1. The van der Waals surface area contributed by atoms with Gasteiger partial charge in [0.1, 0.15) is 49.6 Å². The number of fused-ring (bicyclic) bond motifs is 2. The van der Waals surface area contributed by atoms with Gasteiger partial charge in [-0.05, 0) is 26.0 Å². The zero-order chi connectivity index (χ0) is 27.7. The predicted molar refractivity (Wildman–Crippen MR) is 138 cm³/mol. The first-order chi connectivity index (χ1) is 18.7. The number of benzene rings is 1. The van der Waals surface area contributed by atoms with Crippen molar-refractivity contribution < 1.29 is 33.2 Å². The highest BCUT2D eigenvalue weighted by atomic mass is 16.8. The van der Waals surface area contributed by atoms with Gasteiger partial charge in [-0.2, -0.15) is 4.98 Å². The van der Waals surface area contributed by atoms with Crippen LogP contribution in [0.2, 0.25) is 0 Å². The lowest BCUT2D eigenvalue weighted by atomic mass is 10.1. The highest BCUT2D eigenvalue weighted by Crippen LogP contribution is 2.43. The first-order valence-corrected chi connectivity index (χ1v) is 12.2. The number of nitrogens with zero attached hydrogens (tertiary/aromatic N) is 3. The van der Waals surface area contributed by atoms with Gasteiger partial charge >= 0.3 is 5.97 Å². The fourth-order valence-corrected chi connectivity index (χ4v) is 4.55. The van der Waals surface area contributed by atoms with Crippen molar-refractivity contribution in [3.63, 3.8) is 0 Å². The lowest BCUT2D eigenvalue weighted by Gasteiger charge is -2.24. The van der Waals surface area contributed by atoms with Crippen LogP contribution in [0.4, 0.5) is 5.95 Å². The first-order valence-electron chi connectivity index (χ1n) is 12.2. The molecule has 4 atom stereocenters. The average Bonchev–Trinajstić information content (AvgIpc) is 3.55. The number of aromatic amines is 1. The molecule has 0 saturated carbocycles. The van der Waals surface area contributed by atoms with E-state index >= 15 is 0 Å². The standard InChI is InChI=1S/C26H29N5O8/c1-5-7-34-15-9-14(10-16(11-15)35-8-6-2)24(33)36-12-17-19-20(39-26(3,4)38-19)23(37-17)31-13-28-18-21(31)29-25(27)30-22(18)32/h5-6,9-11,13,17,19-20,23H,1-2,7-8,12H2,3-4H3,(H3,27,29,30,32)/t17-,19-,20-,23-/m1/s1. The van der Waals surface area contributed by atoms with Crippen molar-refractivity contribution in [2.75, 3.05) is 25.6 Å². The van der Waals surface area contributed by atoms with Crippen LogP contribution in [0, 0.1) is 0 Å². The number of hydrogen-bond acceptors (Lipinski definition) is 11. The average molecular weight is 540 g/mol. The molecular weight excluding hydrogens is 510 g/mol. The Labute approximate surface area is 223 Å². The molecule has 0 amide bonds. The van der Waals surface area contributed by atoms with E-state index in [2.05, 4.69) is 28.1 Å². The Kier molecular flexibility index (Phi) is 7.12. The van der Waals surface area contributed by atoms with Crippen LogP contribution in [-0.2, 0) is 18.9 Å². The van der Waals surface area contributed by atoms with Crippen LogP contribution in [-0.4, -0.2) is 69.4 Å². The van der Waals surface area contributed by atoms with E-state index in [0.717, 1.165) is 0 Å². The number of aromatic nitrogens is 4. The van der Waals surface area contributed by atoms with Crippen LogP contribution in [0.5, 0.6) is 11.5 Å². The second-order valence-electron chi connectivity index (χ2n) is 9.40. The second-order valence-corrected chi connectivity index (χ2v) is 9.40. The van der Waals surface area contributed by atoms with Crippen LogP contribution < -0.4 is 20.8 Å². The number of imidazole rings is 1. The largest absolute Gasteiger partial charge is 0.489 e. The van der Waals surface area contributed by atoms with Crippen LogP contribution in [0.1, 0.15) is 30.4 Å². The molecule has 2 aliphatic rings. The molecule has 0 bridgehead atoms. The molecule has 3 aromatic rings. The van der Waals surface area contributed by atoms with E-state index in [9.17, 15) is 9.59 Å². The van der Waals surface area contributed by atoms with E-state index < -0.39 is 41.9 Å². The molecule has 2 fully saturated rings. The third kappa shape index (κ3) is 5.37. The summed E-state index contributed by atoms with van der Waals surface area (Å²) in [6.07, 6.45) is 1.97. The molecule has 0 aliphatic carbocycles. The van der Waals surface area contributed by atoms with Gasteiger partial charge in [-0.15, -0.1) is 0 Å². The molecule has 13 nitrogen and oxygen atoms in total. The van der Waals surface area contributed by atoms with Crippen molar-refractivity contribution in [2.45, 2.75) is 44.2 Å². The summed E-state index contributed by atoms with van der Waals surface area (Å²) in [6, 6.07) is 4.76. The summed E-state index contributed by atoms with van der Waals surface area (Å²) < 4.78 is 36.8. The molecule has 13 heteroatoms. The number of ether oxygens (including phenoxy) is 6. The number of H-pyrrole nitrogens is 1. The number of nitrogens with one attached hydrogen (secondary N) is 1. The molecule has 1 aromatic carbocycles. The highest BCUT2D eigenvalue weighted by Gasteiger charge is 2.56. The van der Waals surface area contributed by atoms with E-state index in [4.69, 9.17) is 34.2 Å². The predicted octanol–water partition coefficient (Wildman–Crippen LogP) is 2.11. The SMILES string of the molecule is C=CCOc1cc(OCC=C)cc(C(=O)OC[C@H]2O[C@@H](n3cnc4c(=O)[nH]c(N)nc43)[C@@H]3OC(C)(C)O[C@@H]32)c1. The van der Waals surface area contributed by atoms with Crippen molar-refractivity contribution in [2.24, 2.45) is 0 Å². The minimum atomic E-state index is -0.922. The van der Waals surface area contributed by atoms with Crippen LogP contribution >= 0.6 is 0 Å². The zero-order valence-electron chi connectivity index (χ0n) is 21.5. The van der Waals surface area contributed by atoms with Gasteiger partial charge < -0.3 is 34.2 Å². The maximum atomic E-state index is 13.1. The van der Waals surface area contributed by atoms with Gasteiger partial charge in [0.25, 0.3) is 5.56 Å². The number of rotatable bonds is 10. The Morgan fingerprint density at radius 1 is 1.15 bits per heavy atom. The van der Waals surface area contributed by atoms with Crippen molar-refractivity contribution in [1.82, 2.24) is 19.5 Å². The van der Waals surface area contributed by atoms with Crippen molar-refractivity contribution >= 4 is 23.1 Å². The molecule has 2 aromatic heterocycles. The summed E-state index contributed by atoms with van der Waals surface area (Å²) in [5.74, 6) is -0.756. The Balaban J connectivity index is 1.36. The van der Waals surface area contributed by atoms with Crippen LogP contribution in [0.3, 0.4) is 0 Å². The third-order valence-electron chi connectivity index (χ3n) is 6.08. The molecule has 206 valence electrons. The Hall–Kier alpha value is -4.20. The molecule has 0 radical (unpaired) electrons. The van der Waals surface area contributed by atoms with Crippen molar-refractivity contribution in [1.29, 1.82) is 0 Å². The van der Waals surface area contributed by atoms with Gasteiger partial charge in [0.05, 0.1) is 11.9 Å². The molecule has 3 N–H and O–H groups in total. The smallest absolute Gasteiger partial charge is 0.338 e. The molecule has 39 heavy (non-hydrogen) atoms. The number of esters is 1. The van der Waals surface area contributed by atoms with Crippen molar-refractivity contribution in [3.05, 3.63) is 65.8 Å². The molecule has 2 saturated heterocycles. The van der Waals surface area contributed by atoms with E-state index in [1.165, 1.54) is 6.33 Å². The Morgan fingerprint density at radius 2 is 1.82 bits per heavy atom. The summed E-state index contributed by atoms with van der Waals surface area (Å²) in [6.45, 7) is 11.2. The molecule has 0 spiro atoms. The fraction of sp³-hybridized carbons (Fsp3) is 0.385. The van der Waals surface area contributed by atoms with E-state index in [1.54, 1.807) is 48.8 Å². The van der Waals surface area contributed by atoms with Gasteiger partial charge in [0, 0.05) is 6.07 Å². The number of nitrogen functional groups attached to an aromatic ring is 1. The monoisotopic (exact) mass is 539 g/mol. The molecule has 4 heterocycles. The molecule has 5 rings (SSSR count). The van der Waals surface area contributed by atoms with Gasteiger partial charge in [0.2, 0.25) is 5.95 Å². The summed E-state index contributed by atoms with van der Waals surface area (Å²) in [5.41, 5.74) is 5.83. The van der Waals surface area contributed by atoms with Crippen molar-refractivity contribution in [3.8, 4) is 11.5 Å². The normalized spacial score (nSPS) is 23.3. The van der Waals surface area contributed by atoms with E-state index in [-0.39, 0.29) is 42.5 Å². The quantitative estimate of drug-likeness (QED) is 0.287. The maximum absolute atomic E-state index is 13.1. The molecule has 0 unspecified atom stereocenters. The van der Waals surface area contributed by atoms with Gasteiger partial charge in [-0.3, -0.25) is 14.3 Å². The summed E-state index contributed by atoms with van der Waals surface area (Å²) >= 11 is 0. The van der Waals surface area contributed by atoms with Gasteiger partial charge in [0.15, 0.2) is 23.2 Å². The second kappa shape index (κ2) is 10.5. The maximum Gasteiger partial charge on any atom is 0.338 e. The molecule has 2 aliphatic heterocycles. The number of carbonyl (C=O) groups excluding carboxylic acids is 1. The molecular formula is C26H29N5O8. The third-order valence-corrected chi connectivity index (χ3v) is 6.08. The van der Waals surface area contributed by atoms with E-state index in [1.807, 2.05) is 0 Å². The zero-order valence-corrected chi connectivity index (χ0v) is 21.5. The highest BCUT2D eigenvalue weighted by molar-refractivity contribution is 5.90. The lowest BCUT2D eigenvalue weighted by Crippen LogP contribution is -2.33. The number of hydrogen-bond donors (Lipinski definition) is 2. The Morgan fingerprint density at radius 3 is 2.49 bits per heavy atom. The minimum Gasteiger partial charge on any atom is -0.489 e. The van der Waals surface area contributed by atoms with Gasteiger partial charge in [-0.25, -0.2) is 9.78 Å². The summed E-state index contributed by atoms with van der Waals surface area (Å²) in [5, 5.41) is 0. The number of anilines is 1. The lowest BCUT2D eigenvalue weighted by molar-refractivity contribution is -0.199. The number of nitrogens with two attached hydrogens (primary N) is 1. The Bertz CT molecular complexity index is 1430. The topological polar surface area (TPSA) is 162 Å². The number of carbonyl (C=O) groups is 1.